The van der Waals surface area contributed by atoms with Gasteiger partial charge in [-0.15, -0.1) is 0 Å². The van der Waals surface area contributed by atoms with E-state index in [1.54, 1.807) is 0 Å². The number of nitrogens with one attached hydrogen (secondary N) is 1. The molecule has 0 bridgehead atoms. The average molecular weight is 220 g/mol. The molecule has 0 aliphatic carbocycles. The molecule has 0 unspecified atom stereocenters. The normalized spacial score (nSPS) is 26.3. The molecule has 3 N–H and O–H groups in total. The summed E-state index contributed by atoms with van der Waals surface area (Å²) in [6.07, 6.45) is 0. The van der Waals surface area contributed by atoms with Crippen molar-refractivity contribution < 1.29 is 0 Å². The van der Waals surface area contributed by atoms with Crippen LogP contribution in [0.1, 0.15) is 13.8 Å². The van der Waals surface area contributed by atoms with Crippen LogP contribution in [0.4, 0.5) is 0 Å². The molecule has 5 heteroatoms. The molecule has 1 aliphatic rings. The van der Waals surface area contributed by atoms with Gasteiger partial charge in [0.25, 0.3) is 0 Å². The van der Waals surface area contributed by atoms with Crippen molar-refractivity contribution >= 4 is 16.8 Å². The highest BCUT2D eigenvalue weighted by Crippen LogP contribution is 2.39. The van der Waals surface area contributed by atoms with Crippen molar-refractivity contribution in [3.05, 3.63) is 10.6 Å². The Balaban J connectivity index is 3.25. The summed E-state index contributed by atoms with van der Waals surface area (Å²) in [6, 6.07) is 4.14. The molecule has 0 saturated carbocycles. The maximum Gasteiger partial charge on any atom is 0.102 e. The highest BCUT2D eigenvalue weighted by Gasteiger charge is 2.37. The van der Waals surface area contributed by atoms with E-state index in [1.165, 1.54) is 0 Å². The van der Waals surface area contributed by atoms with Gasteiger partial charge in [0, 0.05) is 5.92 Å². The van der Waals surface area contributed by atoms with E-state index in [0.29, 0.717) is 10.6 Å². The predicted octanol–water partition coefficient (Wildman–Crippen LogP) is 1.82. The van der Waals surface area contributed by atoms with Crippen LogP contribution in [0.15, 0.2) is 10.6 Å². The van der Waals surface area contributed by atoms with Crippen molar-refractivity contribution in [3.8, 4) is 12.1 Å². The zero-order valence-electron chi connectivity index (χ0n) is 8.61. The summed E-state index contributed by atoms with van der Waals surface area (Å²) in [5.41, 5.74) is 6.15. The van der Waals surface area contributed by atoms with Gasteiger partial charge in [0.05, 0.1) is 27.8 Å². The minimum Gasteiger partial charge on any atom is -0.392 e. The molecular weight excluding hydrogens is 208 g/mol. The Morgan fingerprint density at radius 3 is 2.47 bits per heavy atom. The lowest BCUT2D eigenvalue weighted by atomic mass is 9.79. The third kappa shape index (κ3) is 1.98. The number of hydrogen-bond donors (Lipinski definition) is 2. The van der Waals surface area contributed by atoms with Crippen LogP contribution in [0, 0.1) is 45.8 Å². The smallest absolute Gasteiger partial charge is 0.102 e. The summed E-state index contributed by atoms with van der Waals surface area (Å²) in [5, 5.41) is 26.3. The largest absolute Gasteiger partial charge is 0.392 e. The van der Waals surface area contributed by atoms with Crippen molar-refractivity contribution in [3.63, 3.8) is 0 Å². The van der Waals surface area contributed by atoms with Gasteiger partial charge in [0.15, 0.2) is 0 Å². The van der Waals surface area contributed by atoms with E-state index < -0.39 is 5.92 Å². The first-order valence-corrected chi connectivity index (χ1v) is 5.40. The fourth-order valence-corrected chi connectivity index (χ4v) is 2.57. The zero-order valence-corrected chi connectivity index (χ0v) is 9.43. The molecule has 0 radical (unpaired) electrons. The molecule has 0 aromatic heterocycles. The van der Waals surface area contributed by atoms with E-state index in [-0.39, 0.29) is 16.9 Å². The molecule has 1 rings (SSSR count). The van der Waals surface area contributed by atoms with Crippen molar-refractivity contribution in [2.45, 2.75) is 13.8 Å². The maximum absolute atomic E-state index is 9.00. The number of thioether (sulfide) groups is 1. The Bertz CT molecular complexity index is 397. The summed E-state index contributed by atoms with van der Waals surface area (Å²) >= 11 is 1.02. The Hall–Kier alpha value is -1.46. The number of allylic oxidation sites excluding steroid dienone is 1. The van der Waals surface area contributed by atoms with Crippen LogP contribution < -0.4 is 5.73 Å². The lowest BCUT2D eigenvalue weighted by Crippen LogP contribution is -2.31. The quantitative estimate of drug-likeness (QED) is 0.704. The maximum atomic E-state index is 9.00. The number of rotatable bonds is 1. The molecule has 0 spiro atoms. The Morgan fingerprint density at radius 1 is 1.47 bits per heavy atom. The lowest BCUT2D eigenvalue weighted by Gasteiger charge is -2.30. The Kier molecular flexibility index (Phi) is 3.39. The first kappa shape index (κ1) is 11.6. The van der Waals surface area contributed by atoms with E-state index in [4.69, 9.17) is 21.7 Å². The summed E-state index contributed by atoms with van der Waals surface area (Å²) in [6.45, 7) is 3.87. The van der Waals surface area contributed by atoms with Crippen molar-refractivity contribution in [1.29, 1.82) is 15.9 Å². The van der Waals surface area contributed by atoms with Crippen LogP contribution in [0.2, 0.25) is 0 Å². The van der Waals surface area contributed by atoms with E-state index in [9.17, 15) is 0 Å². The molecular formula is C10H12N4S. The average Bonchev–Trinajstić information content (AvgIpc) is 2.16. The molecule has 4 nitrogen and oxygen atoms in total. The van der Waals surface area contributed by atoms with E-state index in [0.717, 1.165) is 11.8 Å². The standard InChI is InChI=1S/C10H12N4S/c1-5(2)8-6(3-11)9(13)15-10(14)7(8)4-12/h5-6,8,13H,14H2,1-2H3/t6-,8+/m0/s1. The summed E-state index contributed by atoms with van der Waals surface area (Å²) in [5.74, 6) is -0.644. The van der Waals surface area contributed by atoms with E-state index in [1.807, 2.05) is 13.8 Å². The minimum atomic E-state index is -0.531. The van der Waals surface area contributed by atoms with Crippen molar-refractivity contribution in [2.75, 3.05) is 0 Å². The van der Waals surface area contributed by atoms with Crippen LogP contribution in [-0.4, -0.2) is 5.04 Å². The molecule has 78 valence electrons. The van der Waals surface area contributed by atoms with Gasteiger partial charge in [-0.05, 0) is 5.92 Å². The van der Waals surface area contributed by atoms with E-state index >= 15 is 0 Å². The van der Waals surface area contributed by atoms with Gasteiger partial charge < -0.3 is 5.73 Å². The molecule has 0 aromatic carbocycles. The second-order valence-corrected chi connectivity index (χ2v) is 4.82. The second kappa shape index (κ2) is 4.37. The highest BCUT2D eigenvalue weighted by atomic mass is 32.2. The fraction of sp³-hybridized carbons (Fsp3) is 0.500. The van der Waals surface area contributed by atoms with E-state index in [2.05, 4.69) is 12.1 Å². The summed E-state index contributed by atoms with van der Waals surface area (Å²) in [7, 11) is 0. The first-order valence-electron chi connectivity index (χ1n) is 4.58. The first-order chi connectivity index (χ1) is 7.02. The van der Waals surface area contributed by atoms with Crippen LogP contribution in [-0.2, 0) is 0 Å². The molecule has 0 fully saturated rings. The Labute approximate surface area is 93.3 Å². The van der Waals surface area contributed by atoms with Gasteiger partial charge in [-0.2, -0.15) is 10.5 Å². The molecule has 0 saturated heterocycles. The number of nitrogens with zero attached hydrogens (tertiary/aromatic N) is 2. The molecule has 0 aromatic rings. The number of hydrogen-bond acceptors (Lipinski definition) is 5. The number of nitrogens with two attached hydrogens (primary N) is 1. The monoisotopic (exact) mass is 220 g/mol. The second-order valence-electron chi connectivity index (χ2n) is 3.73. The van der Waals surface area contributed by atoms with Gasteiger partial charge in [-0.25, -0.2) is 0 Å². The van der Waals surface area contributed by atoms with Gasteiger partial charge in [0.1, 0.15) is 5.92 Å². The summed E-state index contributed by atoms with van der Waals surface area (Å²) in [4.78, 5) is 0. The van der Waals surface area contributed by atoms with Crippen LogP contribution in [0.3, 0.4) is 0 Å². The molecule has 0 amide bonds. The molecule has 1 aliphatic heterocycles. The highest BCUT2D eigenvalue weighted by molar-refractivity contribution is 8.17. The zero-order chi connectivity index (χ0) is 11.6. The van der Waals surface area contributed by atoms with Gasteiger partial charge in [0.2, 0.25) is 0 Å². The van der Waals surface area contributed by atoms with Gasteiger partial charge in [-0.1, -0.05) is 25.6 Å². The Morgan fingerprint density at radius 2 is 2.07 bits per heavy atom. The molecule has 1 heterocycles. The molecule has 15 heavy (non-hydrogen) atoms. The summed E-state index contributed by atoms with van der Waals surface area (Å²) < 4.78 is 0. The van der Waals surface area contributed by atoms with Crippen LogP contribution in [0.25, 0.3) is 0 Å². The predicted molar refractivity (Wildman–Crippen MR) is 59.6 cm³/mol. The number of nitriles is 2. The van der Waals surface area contributed by atoms with Crippen molar-refractivity contribution in [2.24, 2.45) is 23.5 Å². The lowest BCUT2D eigenvalue weighted by molar-refractivity contribution is 0.415. The van der Waals surface area contributed by atoms with Crippen LogP contribution >= 0.6 is 11.8 Å². The molecule has 2 atom stereocenters. The van der Waals surface area contributed by atoms with Gasteiger partial charge in [-0.3, -0.25) is 5.41 Å². The minimum absolute atomic E-state index is 0.129. The van der Waals surface area contributed by atoms with Gasteiger partial charge >= 0.3 is 0 Å². The van der Waals surface area contributed by atoms with Crippen LogP contribution in [0.5, 0.6) is 0 Å². The fourth-order valence-electron chi connectivity index (χ4n) is 1.72. The third-order valence-corrected chi connectivity index (χ3v) is 3.35. The third-order valence-electron chi connectivity index (χ3n) is 2.44. The SMILES string of the molecule is CC(C)[C@H]1C(C#N)=C(N)SC(=N)[C@H]1C#N. The topological polar surface area (TPSA) is 97.4 Å². The van der Waals surface area contributed by atoms with Crippen molar-refractivity contribution in [1.82, 2.24) is 0 Å².